The summed E-state index contributed by atoms with van der Waals surface area (Å²) in [5.41, 5.74) is 16.3. The Kier molecular flexibility index (Phi) is 10.9. The SMILES string of the molecule is c1ccc(N(c2ccccc2)c2cccc(-c3c4ccccc4c(-c4cccc(-c5c6ccccc6c(-c6cccc(N(c7ccccc7)c7ccccc7)c6)c6ccccc56)c4)c4ccccc34)c2)cc1. The molecule has 0 N–H and O–H groups in total. The van der Waals surface area contributed by atoms with Crippen molar-refractivity contribution in [2.75, 3.05) is 9.80 Å². The van der Waals surface area contributed by atoms with Gasteiger partial charge < -0.3 is 9.80 Å². The lowest BCUT2D eigenvalue weighted by Crippen LogP contribution is -2.09. The number of benzene rings is 13. The van der Waals surface area contributed by atoms with Gasteiger partial charge in [-0.3, -0.25) is 0 Å². The van der Waals surface area contributed by atoms with Gasteiger partial charge in [-0.15, -0.1) is 0 Å². The van der Waals surface area contributed by atoms with Crippen LogP contribution in [-0.4, -0.2) is 0 Å². The number of para-hydroxylation sites is 4. The van der Waals surface area contributed by atoms with Crippen molar-refractivity contribution >= 4 is 77.2 Å². The van der Waals surface area contributed by atoms with E-state index in [2.05, 4.69) is 301 Å². The molecule has 0 saturated carbocycles. The van der Waals surface area contributed by atoms with Gasteiger partial charge in [0.25, 0.3) is 0 Å². The Balaban J connectivity index is 0.975. The van der Waals surface area contributed by atoms with Crippen molar-refractivity contribution in [2.24, 2.45) is 0 Å². The van der Waals surface area contributed by atoms with E-state index in [1.54, 1.807) is 0 Å². The molecule has 0 radical (unpaired) electrons. The minimum Gasteiger partial charge on any atom is -0.310 e. The van der Waals surface area contributed by atoms with Crippen LogP contribution in [0.2, 0.25) is 0 Å². The lowest BCUT2D eigenvalue weighted by atomic mass is 9.83. The summed E-state index contributed by atoms with van der Waals surface area (Å²) in [7, 11) is 0. The van der Waals surface area contributed by atoms with Gasteiger partial charge in [-0.2, -0.15) is 0 Å². The number of anilines is 6. The molecule has 13 aromatic carbocycles. The summed E-state index contributed by atoms with van der Waals surface area (Å²) >= 11 is 0. The highest BCUT2D eigenvalue weighted by molar-refractivity contribution is 6.24. The Bertz CT molecular complexity index is 3630. The Hall–Kier alpha value is -9.50. The van der Waals surface area contributed by atoms with Crippen molar-refractivity contribution < 1.29 is 0 Å². The number of hydrogen-bond donors (Lipinski definition) is 0. The summed E-state index contributed by atoms with van der Waals surface area (Å²) in [4.78, 5) is 4.69. The van der Waals surface area contributed by atoms with Gasteiger partial charge in [0, 0.05) is 34.1 Å². The minimum atomic E-state index is 1.11. The van der Waals surface area contributed by atoms with E-state index in [1.807, 2.05) is 0 Å². The van der Waals surface area contributed by atoms with E-state index in [4.69, 9.17) is 0 Å². The van der Waals surface area contributed by atoms with E-state index >= 15 is 0 Å². The Labute approximate surface area is 420 Å². The summed E-state index contributed by atoms with van der Waals surface area (Å²) in [6.45, 7) is 0. The molecule has 0 fully saturated rings. The highest BCUT2D eigenvalue weighted by atomic mass is 15.1. The molecule has 0 aromatic heterocycles. The van der Waals surface area contributed by atoms with Crippen LogP contribution in [0.5, 0.6) is 0 Å². The predicted molar refractivity (Wildman–Crippen MR) is 308 cm³/mol. The molecule has 0 aliphatic rings. The van der Waals surface area contributed by atoms with Crippen LogP contribution in [0.25, 0.3) is 87.6 Å². The number of nitrogens with zero attached hydrogens (tertiary/aromatic N) is 2. The molecule has 13 aromatic rings. The van der Waals surface area contributed by atoms with E-state index in [9.17, 15) is 0 Å². The van der Waals surface area contributed by atoms with Gasteiger partial charge in [-0.25, -0.2) is 0 Å². The molecule has 0 unspecified atom stereocenters. The molecule has 0 spiro atoms. The van der Waals surface area contributed by atoms with E-state index in [0.717, 1.165) is 34.1 Å². The molecule has 0 amide bonds. The fourth-order valence-corrected chi connectivity index (χ4v) is 11.1. The average molecular weight is 917 g/mol. The second-order valence-electron chi connectivity index (χ2n) is 18.4. The van der Waals surface area contributed by atoms with Crippen LogP contribution in [-0.2, 0) is 0 Å². The Morgan fingerprint density at radius 1 is 0.153 bits per heavy atom. The van der Waals surface area contributed by atoms with Crippen LogP contribution in [0.1, 0.15) is 0 Å². The van der Waals surface area contributed by atoms with Crippen molar-refractivity contribution in [2.45, 2.75) is 0 Å². The third-order valence-corrected chi connectivity index (χ3v) is 14.1. The monoisotopic (exact) mass is 916 g/mol. The van der Waals surface area contributed by atoms with Gasteiger partial charge in [0.1, 0.15) is 0 Å². The topological polar surface area (TPSA) is 6.48 Å². The maximum Gasteiger partial charge on any atom is 0.0467 e. The standard InChI is InChI=1S/C70H48N2/c1-5-28-53(29-6-1)71(54-30-7-2-8-31-54)57-36-22-26-51(47-57)69-63-42-17-13-38-59(63)67(60-39-14-18-43-64(60)69)49-24-21-25-50(46-49)68-61-40-15-19-44-65(61)70(66-45-20-16-41-62(66)68)52-27-23-37-58(48-52)72(55-32-9-3-10-33-55)56-34-11-4-12-35-56/h1-48H. The highest BCUT2D eigenvalue weighted by Crippen LogP contribution is 2.49. The number of fused-ring (bicyclic) bond motifs is 4. The van der Waals surface area contributed by atoms with Crippen LogP contribution in [0, 0.1) is 0 Å². The van der Waals surface area contributed by atoms with Gasteiger partial charge in [-0.1, -0.05) is 212 Å². The molecular weight excluding hydrogens is 869 g/mol. The second-order valence-corrected chi connectivity index (χ2v) is 18.4. The first-order valence-corrected chi connectivity index (χ1v) is 24.8. The lowest BCUT2D eigenvalue weighted by Gasteiger charge is -2.26. The zero-order valence-corrected chi connectivity index (χ0v) is 39.6. The zero-order valence-electron chi connectivity index (χ0n) is 39.6. The molecule has 0 heterocycles. The van der Waals surface area contributed by atoms with Crippen molar-refractivity contribution in [3.8, 4) is 44.5 Å². The first-order chi connectivity index (χ1) is 35.8. The second kappa shape index (κ2) is 18.4. The first kappa shape index (κ1) is 42.6. The summed E-state index contributed by atoms with van der Waals surface area (Å²) in [6, 6.07) is 106. The molecule has 2 nitrogen and oxygen atoms in total. The van der Waals surface area contributed by atoms with Crippen LogP contribution >= 0.6 is 0 Å². The van der Waals surface area contributed by atoms with Crippen LogP contribution in [0.3, 0.4) is 0 Å². The van der Waals surface area contributed by atoms with Crippen LogP contribution < -0.4 is 9.80 Å². The summed E-state index contributed by atoms with van der Waals surface area (Å²) < 4.78 is 0. The molecule has 13 rings (SSSR count). The van der Waals surface area contributed by atoms with Crippen molar-refractivity contribution in [1.29, 1.82) is 0 Å². The van der Waals surface area contributed by atoms with Crippen molar-refractivity contribution in [3.05, 3.63) is 291 Å². The van der Waals surface area contributed by atoms with Crippen molar-refractivity contribution in [1.82, 2.24) is 0 Å². The molecular formula is C70H48N2. The molecule has 0 atom stereocenters. The Morgan fingerprint density at radius 3 is 0.597 bits per heavy atom. The van der Waals surface area contributed by atoms with E-state index < -0.39 is 0 Å². The molecule has 0 aliphatic carbocycles. The van der Waals surface area contributed by atoms with Crippen molar-refractivity contribution in [3.63, 3.8) is 0 Å². The third kappa shape index (κ3) is 7.54. The summed E-state index contributed by atoms with van der Waals surface area (Å²) in [6.07, 6.45) is 0. The molecule has 2 heteroatoms. The van der Waals surface area contributed by atoms with Gasteiger partial charge in [-0.05, 0) is 166 Å². The molecule has 0 saturated heterocycles. The number of rotatable bonds is 10. The predicted octanol–water partition coefficient (Wildman–Crippen LogP) is 19.9. The molecule has 338 valence electrons. The van der Waals surface area contributed by atoms with Gasteiger partial charge in [0.15, 0.2) is 0 Å². The van der Waals surface area contributed by atoms with Gasteiger partial charge in [0.2, 0.25) is 0 Å². The molecule has 72 heavy (non-hydrogen) atoms. The lowest BCUT2D eigenvalue weighted by molar-refractivity contribution is 1.28. The average Bonchev–Trinajstić information content (AvgIpc) is 3.45. The van der Waals surface area contributed by atoms with Gasteiger partial charge in [0.05, 0.1) is 0 Å². The fraction of sp³-hybridized carbons (Fsp3) is 0. The smallest absolute Gasteiger partial charge is 0.0467 e. The first-order valence-electron chi connectivity index (χ1n) is 24.8. The summed E-state index contributed by atoms with van der Waals surface area (Å²) in [5, 5.41) is 9.79. The number of hydrogen-bond acceptors (Lipinski definition) is 2. The fourth-order valence-electron chi connectivity index (χ4n) is 11.1. The minimum absolute atomic E-state index is 1.11. The quantitative estimate of drug-likeness (QED) is 0.126. The maximum atomic E-state index is 2.43. The van der Waals surface area contributed by atoms with E-state index in [0.29, 0.717) is 0 Å². The van der Waals surface area contributed by atoms with E-state index in [1.165, 1.54) is 87.6 Å². The largest absolute Gasteiger partial charge is 0.310 e. The normalized spacial score (nSPS) is 11.3. The summed E-state index contributed by atoms with van der Waals surface area (Å²) in [5.74, 6) is 0. The van der Waals surface area contributed by atoms with E-state index in [-0.39, 0.29) is 0 Å². The van der Waals surface area contributed by atoms with Crippen LogP contribution in [0.4, 0.5) is 34.1 Å². The Morgan fingerprint density at radius 2 is 0.347 bits per heavy atom. The third-order valence-electron chi connectivity index (χ3n) is 14.1. The maximum absolute atomic E-state index is 2.43. The van der Waals surface area contributed by atoms with Crippen LogP contribution in [0.15, 0.2) is 291 Å². The zero-order chi connectivity index (χ0) is 47.8. The highest BCUT2D eigenvalue weighted by Gasteiger charge is 2.22. The van der Waals surface area contributed by atoms with Gasteiger partial charge >= 0.3 is 0 Å². The molecule has 0 bridgehead atoms. The molecule has 0 aliphatic heterocycles.